The van der Waals surface area contributed by atoms with Crippen molar-refractivity contribution in [1.82, 2.24) is 10.2 Å². The number of carbonyl (C=O) groups is 3. The first kappa shape index (κ1) is 24.7. The van der Waals surface area contributed by atoms with Crippen molar-refractivity contribution >= 4 is 24.0 Å². The largest absolute Gasteiger partial charge is 0.467 e. The summed E-state index contributed by atoms with van der Waals surface area (Å²) in [5.41, 5.74) is 2.66. The molecular weight excluding hydrogens is 456 g/mol. The summed E-state index contributed by atoms with van der Waals surface area (Å²) in [6.07, 6.45) is 3.28. The Morgan fingerprint density at radius 1 is 0.917 bits per heavy atom. The number of esters is 1. The number of rotatable bonds is 9. The van der Waals surface area contributed by atoms with Gasteiger partial charge in [-0.3, -0.25) is 4.79 Å². The minimum absolute atomic E-state index is 0.0839. The zero-order chi connectivity index (χ0) is 25.3. The van der Waals surface area contributed by atoms with Gasteiger partial charge in [0.05, 0.1) is 13.2 Å². The van der Waals surface area contributed by atoms with Gasteiger partial charge in [-0.15, -0.1) is 0 Å². The van der Waals surface area contributed by atoms with E-state index in [0.717, 1.165) is 16.7 Å². The van der Waals surface area contributed by atoms with Crippen molar-refractivity contribution in [2.45, 2.75) is 31.2 Å². The molecule has 4 rings (SSSR count). The number of hydrogen-bond acceptors (Lipinski definition) is 5. The number of amides is 2. The molecule has 1 N–H and O–H groups in total. The molecule has 184 valence electrons. The number of likely N-dealkylation sites (tertiary alicyclic amines) is 1. The standard InChI is InChI=1S/C29H28N2O5/c1-35-28(33)25(19-22-13-7-3-8-14-22)31-24(18-17-21-11-5-2-6-12-21)26(27(31)32)30-29(34)36-20-23-15-9-4-10-16-23/h2-18,24-26H,19-20H2,1H3,(H,30,34)/t24-,25-,26+/m0/s1. The SMILES string of the molecule is COC(=O)[C@H](Cc1ccccc1)N1C(=O)[C@H](NC(=O)OCc2ccccc2)[C@@H]1C=Cc1ccccc1. The van der Waals surface area contributed by atoms with E-state index < -0.39 is 30.2 Å². The minimum Gasteiger partial charge on any atom is -0.467 e. The summed E-state index contributed by atoms with van der Waals surface area (Å²) in [6.45, 7) is 0.0839. The summed E-state index contributed by atoms with van der Waals surface area (Å²) in [4.78, 5) is 40.0. The summed E-state index contributed by atoms with van der Waals surface area (Å²) >= 11 is 0. The van der Waals surface area contributed by atoms with Gasteiger partial charge in [0, 0.05) is 6.42 Å². The topological polar surface area (TPSA) is 84.9 Å². The average Bonchev–Trinajstić information content (AvgIpc) is 2.93. The van der Waals surface area contributed by atoms with Crippen LogP contribution in [0.1, 0.15) is 16.7 Å². The van der Waals surface area contributed by atoms with Gasteiger partial charge in [0.1, 0.15) is 18.7 Å². The van der Waals surface area contributed by atoms with Crippen molar-refractivity contribution in [3.05, 3.63) is 114 Å². The van der Waals surface area contributed by atoms with Gasteiger partial charge in [-0.05, 0) is 16.7 Å². The maximum absolute atomic E-state index is 13.3. The number of hydrogen-bond donors (Lipinski definition) is 1. The number of nitrogens with zero attached hydrogens (tertiary/aromatic N) is 1. The molecule has 2 amide bonds. The molecule has 3 atom stereocenters. The van der Waals surface area contributed by atoms with E-state index >= 15 is 0 Å². The van der Waals surface area contributed by atoms with Gasteiger partial charge in [-0.1, -0.05) is 103 Å². The summed E-state index contributed by atoms with van der Waals surface area (Å²) < 4.78 is 10.4. The zero-order valence-corrected chi connectivity index (χ0v) is 19.9. The highest BCUT2D eigenvalue weighted by Gasteiger charge is 2.52. The van der Waals surface area contributed by atoms with Crippen LogP contribution in [0.25, 0.3) is 6.08 Å². The highest BCUT2D eigenvalue weighted by atomic mass is 16.5. The van der Waals surface area contributed by atoms with E-state index in [1.165, 1.54) is 12.0 Å². The fourth-order valence-electron chi connectivity index (χ4n) is 4.18. The van der Waals surface area contributed by atoms with Crippen LogP contribution in [-0.2, 0) is 32.1 Å². The summed E-state index contributed by atoms with van der Waals surface area (Å²) in [7, 11) is 1.30. The summed E-state index contributed by atoms with van der Waals surface area (Å²) in [6, 6.07) is 26.0. The lowest BCUT2D eigenvalue weighted by Crippen LogP contribution is -2.73. The van der Waals surface area contributed by atoms with E-state index in [4.69, 9.17) is 9.47 Å². The Balaban J connectivity index is 1.53. The van der Waals surface area contributed by atoms with Crippen LogP contribution in [0.2, 0.25) is 0 Å². The third-order valence-corrected chi connectivity index (χ3v) is 6.04. The van der Waals surface area contributed by atoms with Gasteiger partial charge in [-0.25, -0.2) is 9.59 Å². The van der Waals surface area contributed by atoms with Crippen LogP contribution in [0.5, 0.6) is 0 Å². The number of nitrogens with one attached hydrogen (secondary N) is 1. The zero-order valence-electron chi connectivity index (χ0n) is 19.9. The first-order valence-corrected chi connectivity index (χ1v) is 11.7. The Morgan fingerprint density at radius 3 is 2.11 bits per heavy atom. The molecule has 0 unspecified atom stereocenters. The third kappa shape index (κ3) is 5.99. The van der Waals surface area contributed by atoms with Crippen LogP contribution in [0.3, 0.4) is 0 Å². The monoisotopic (exact) mass is 484 g/mol. The van der Waals surface area contributed by atoms with Gasteiger partial charge in [0.2, 0.25) is 5.91 Å². The Kier molecular flexibility index (Phi) is 8.13. The minimum atomic E-state index is -0.865. The maximum atomic E-state index is 13.3. The van der Waals surface area contributed by atoms with Crippen molar-refractivity contribution in [2.75, 3.05) is 7.11 Å². The van der Waals surface area contributed by atoms with E-state index in [1.807, 2.05) is 103 Å². The van der Waals surface area contributed by atoms with E-state index in [-0.39, 0.29) is 12.5 Å². The van der Waals surface area contributed by atoms with Crippen molar-refractivity contribution < 1.29 is 23.9 Å². The van der Waals surface area contributed by atoms with E-state index in [0.29, 0.717) is 6.42 Å². The fourth-order valence-corrected chi connectivity index (χ4v) is 4.18. The molecule has 0 aliphatic carbocycles. The third-order valence-electron chi connectivity index (χ3n) is 6.04. The van der Waals surface area contributed by atoms with Gasteiger partial charge in [0.25, 0.3) is 0 Å². The molecule has 36 heavy (non-hydrogen) atoms. The lowest BCUT2D eigenvalue weighted by Gasteiger charge is -2.48. The number of carbonyl (C=O) groups excluding carboxylic acids is 3. The first-order chi connectivity index (χ1) is 17.6. The molecule has 7 heteroatoms. The maximum Gasteiger partial charge on any atom is 0.408 e. The molecule has 1 saturated heterocycles. The van der Waals surface area contributed by atoms with E-state index in [1.54, 1.807) is 0 Å². The predicted molar refractivity (Wildman–Crippen MR) is 136 cm³/mol. The second kappa shape index (κ2) is 11.8. The Hall–Kier alpha value is -4.39. The molecule has 0 spiro atoms. The van der Waals surface area contributed by atoms with Crippen LogP contribution in [0.15, 0.2) is 97.1 Å². The Labute approximate surface area is 210 Å². The highest BCUT2D eigenvalue weighted by Crippen LogP contribution is 2.28. The lowest BCUT2D eigenvalue weighted by atomic mass is 9.89. The van der Waals surface area contributed by atoms with Gasteiger partial charge in [-0.2, -0.15) is 0 Å². The van der Waals surface area contributed by atoms with E-state index in [9.17, 15) is 14.4 Å². The Morgan fingerprint density at radius 2 is 1.50 bits per heavy atom. The smallest absolute Gasteiger partial charge is 0.408 e. The van der Waals surface area contributed by atoms with Crippen molar-refractivity contribution in [3.63, 3.8) is 0 Å². The number of methoxy groups -OCH3 is 1. The van der Waals surface area contributed by atoms with Crippen LogP contribution in [0, 0.1) is 0 Å². The molecule has 0 bridgehead atoms. The molecule has 0 radical (unpaired) electrons. The van der Waals surface area contributed by atoms with Crippen molar-refractivity contribution in [1.29, 1.82) is 0 Å². The fraction of sp³-hybridized carbons (Fsp3) is 0.207. The molecule has 3 aromatic rings. The van der Waals surface area contributed by atoms with Crippen LogP contribution in [-0.4, -0.2) is 48.1 Å². The molecule has 0 saturated carbocycles. The van der Waals surface area contributed by atoms with Crippen LogP contribution < -0.4 is 5.32 Å². The molecule has 7 nitrogen and oxygen atoms in total. The first-order valence-electron chi connectivity index (χ1n) is 11.7. The van der Waals surface area contributed by atoms with Gasteiger partial charge < -0.3 is 19.7 Å². The van der Waals surface area contributed by atoms with Gasteiger partial charge >= 0.3 is 12.1 Å². The van der Waals surface area contributed by atoms with Crippen molar-refractivity contribution in [2.24, 2.45) is 0 Å². The summed E-state index contributed by atoms with van der Waals surface area (Å²) in [5.74, 6) is -0.892. The number of benzene rings is 3. The second-order valence-corrected chi connectivity index (χ2v) is 8.42. The van der Waals surface area contributed by atoms with Crippen molar-refractivity contribution in [3.8, 4) is 0 Å². The quantitative estimate of drug-likeness (QED) is 0.367. The van der Waals surface area contributed by atoms with Crippen LogP contribution in [0.4, 0.5) is 4.79 Å². The molecule has 1 aliphatic heterocycles. The summed E-state index contributed by atoms with van der Waals surface area (Å²) in [5, 5.41) is 2.67. The van der Waals surface area contributed by atoms with E-state index in [2.05, 4.69) is 5.32 Å². The predicted octanol–water partition coefficient (Wildman–Crippen LogP) is 3.99. The van der Waals surface area contributed by atoms with Gasteiger partial charge in [0.15, 0.2) is 0 Å². The Bertz CT molecular complexity index is 1200. The number of ether oxygens (including phenoxy) is 2. The normalized spacial score (nSPS) is 17.8. The van der Waals surface area contributed by atoms with Crippen LogP contribution >= 0.6 is 0 Å². The number of alkyl carbamates (subject to hydrolysis) is 1. The lowest BCUT2D eigenvalue weighted by molar-refractivity contribution is -0.164. The molecule has 0 aromatic heterocycles. The molecule has 3 aromatic carbocycles. The molecule has 1 fully saturated rings. The average molecular weight is 485 g/mol. The number of β-lactam (4-membered cyclic amide) rings is 1. The molecule has 1 aliphatic rings. The molecular formula is C29H28N2O5. The second-order valence-electron chi connectivity index (χ2n) is 8.42. The molecule has 1 heterocycles. The highest BCUT2D eigenvalue weighted by molar-refractivity contribution is 5.96.